The average Bonchev–Trinajstić information content (AvgIpc) is 2.52. The molecule has 1 heterocycles. The zero-order chi connectivity index (χ0) is 17.3. The Morgan fingerprint density at radius 2 is 1.83 bits per heavy atom. The number of rotatable bonds is 2. The number of azo groups is 1. The molecule has 4 nitrogen and oxygen atoms in total. The topological polar surface area (TPSA) is 51.0 Å². The SMILES string of the molecule is CC(=O)OCC1(C)Cc2ccc(F)cc2-c2cc(F)ccc2N=N1. The molecule has 0 bridgehead atoms. The summed E-state index contributed by atoms with van der Waals surface area (Å²) in [6, 6.07) is 8.46. The first-order valence-corrected chi connectivity index (χ1v) is 7.51. The molecule has 3 rings (SSSR count). The second-order valence-electron chi connectivity index (χ2n) is 6.12. The van der Waals surface area contributed by atoms with E-state index in [2.05, 4.69) is 10.2 Å². The largest absolute Gasteiger partial charge is 0.463 e. The smallest absolute Gasteiger partial charge is 0.302 e. The van der Waals surface area contributed by atoms with Gasteiger partial charge in [0.15, 0.2) is 0 Å². The minimum atomic E-state index is -0.787. The van der Waals surface area contributed by atoms with Gasteiger partial charge >= 0.3 is 5.97 Å². The second-order valence-corrected chi connectivity index (χ2v) is 6.12. The van der Waals surface area contributed by atoms with Crippen LogP contribution >= 0.6 is 0 Å². The van der Waals surface area contributed by atoms with Crippen molar-refractivity contribution < 1.29 is 18.3 Å². The van der Waals surface area contributed by atoms with Gasteiger partial charge in [-0.15, -0.1) is 0 Å². The van der Waals surface area contributed by atoms with Crippen LogP contribution in [0.5, 0.6) is 0 Å². The number of carbonyl (C=O) groups excluding carboxylic acids is 1. The second kappa shape index (κ2) is 6.11. The summed E-state index contributed by atoms with van der Waals surface area (Å²) in [6.45, 7) is 3.19. The maximum Gasteiger partial charge on any atom is 0.302 e. The van der Waals surface area contributed by atoms with Crippen LogP contribution in [0.25, 0.3) is 11.1 Å². The zero-order valence-corrected chi connectivity index (χ0v) is 13.3. The summed E-state index contributed by atoms with van der Waals surface area (Å²) >= 11 is 0. The fourth-order valence-electron chi connectivity index (χ4n) is 2.72. The molecule has 2 aromatic rings. The minimum Gasteiger partial charge on any atom is -0.463 e. The minimum absolute atomic E-state index is 0.0547. The highest BCUT2D eigenvalue weighted by atomic mass is 19.1. The summed E-state index contributed by atoms with van der Waals surface area (Å²) in [6.07, 6.45) is 0.384. The Labute approximate surface area is 138 Å². The molecular formula is C18H16F2N2O2. The van der Waals surface area contributed by atoms with Gasteiger partial charge in [0, 0.05) is 18.9 Å². The number of nitrogens with zero attached hydrogens (tertiary/aromatic N) is 2. The van der Waals surface area contributed by atoms with Crippen molar-refractivity contribution >= 4 is 11.7 Å². The van der Waals surface area contributed by atoms with Crippen molar-refractivity contribution in [2.24, 2.45) is 10.2 Å². The van der Waals surface area contributed by atoms with Crippen LogP contribution in [0, 0.1) is 11.6 Å². The predicted molar refractivity (Wildman–Crippen MR) is 85.1 cm³/mol. The Kier molecular flexibility index (Phi) is 4.13. The Morgan fingerprint density at radius 3 is 2.54 bits per heavy atom. The van der Waals surface area contributed by atoms with E-state index >= 15 is 0 Å². The van der Waals surface area contributed by atoms with Gasteiger partial charge in [0.05, 0.1) is 5.69 Å². The number of hydrogen-bond acceptors (Lipinski definition) is 4. The first kappa shape index (κ1) is 16.2. The molecule has 6 heteroatoms. The van der Waals surface area contributed by atoms with E-state index in [0.717, 1.165) is 5.56 Å². The maximum absolute atomic E-state index is 13.8. The van der Waals surface area contributed by atoms with Gasteiger partial charge in [0.1, 0.15) is 23.8 Å². The third kappa shape index (κ3) is 3.32. The van der Waals surface area contributed by atoms with E-state index in [0.29, 0.717) is 23.2 Å². The predicted octanol–water partition coefficient (Wildman–Crippen LogP) is 4.59. The van der Waals surface area contributed by atoms with E-state index in [9.17, 15) is 13.6 Å². The van der Waals surface area contributed by atoms with Crippen LogP contribution in [0.1, 0.15) is 19.4 Å². The van der Waals surface area contributed by atoms with E-state index in [1.54, 1.807) is 13.0 Å². The van der Waals surface area contributed by atoms with Crippen LogP contribution in [0.4, 0.5) is 14.5 Å². The van der Waals surface area contributed by atoms with Crippen LogP contribution in [0.3, 0.4) is 0 Å². The number of benzene rings is 2. The van der Waals surface area contributed by atoms with E-state index in [-0.39, 0.29) is 6.61 Å². The molecule has 0 aromatic heterocycles. The van der Waals surface area contributed by atoms with Crippen LogP contribution in [-0.2, 0) is 16.0 Å². The van der Waals surface area contributed by atoms with Crippen molar-refractivity contribution in [3.63, 3.8) is 0 Å². The van der Waals surface area contributed by atoms with Crippen molar-refractivity contribution in [1.82, 2.24) is 0 Å². The van der Waals surface area contributed by atoms with Crippen molar-refractivity contribution in [2.45, 2.75) is 25.8 Å². The molecule has 1 aliphatic heterocycles. The highest BCUT2D eigenvalue weighted by Crippen LogP contribution is 2.38. The molecule has 24 heavy (non-hydrogen) atoms. The fourth-order valence-corrected chi connectivity index (χ4v) is 2.72. The van der Waals surface area contributed by atoms with Crippen LogP contribution in [0.2, 0.25) is 0 Å². The molecule has 0 saturated carbocycles. The lowest BCUT2D eigenvalue weighted by molar-refractivity contribution is -0.142. The molecule has 1 aliphatic rings. The van der Waals surface area contributed by atoms with Gasteiger partial charge in [0.25, 0.3) is 0 Å². The van der Waals surface area contributed by atoms with Gasteiger partial charge in [-0.2, -0.15) is 10.2 Å². The summed E-state index contributed by atoms with van der Waals surface area (Å²) in [7, 11) is 0. The number of fused-ring (bicyclic) bond motifs is 3. The molecule has 2 aromatic carbocycles. The molecule has 0 radical (unpaired) electrons. The molecular weight excluding hydrogens is 314 g/mol. The normalized spacial score (nSPS) is 19.0. The lowest BCUT2D eigenvalue weighted by Gasteiger charge is -2.26. The van der Waals surface area contributed by atoms with E-state index in [1.807, 2.05) is 0 Å². The molecule has 124 valence electrons. The highest BCUT2D eigenvalue weighted by molar-refractivity contribution is 5.78. The summed E-state index contributed by atoms with van der Waals surface area (Å²) in [4.78, 5) is 11.1. The van der Waals surface area contributed by atoms with Crippen molar-refractivity contribution in [1.29, 1.82) is 0 Å². The van der Waals surface area contributed by atoms with Crippen LogP contribution in [-0.4, -0.2) is 18.1 Å². The van der Waals surface area contributed by atoms with Gasteiger partial charge < -0.3 is 4.74 Å². The number of carbonyl (C=O) groups is 1. The van der Waals surface area contributed by atoms with Gasteiger partial charge in [-0.05, 0) is 48.4 Å². The summed E-state index contributed by atoms with van der Waals surface area (Å²) < 4.78 is 32.5. The standard InChI is InChI=1S/C18H16F2N2O2/c1-11(23)24-10-18(2)9-12-3-4-13(19)7-15(12)16-8-14(20)5-6-17(16)21-22-18/h3-8H,9-10H2,1-2H3. The molecule has 1 unspecified atom stereocenters. The van der Waals surface area contributed by atoms with Gasteiger partial charge in [0.2, 0.25) is 0 Å². The Morgan fingerprint density at radius 1 is 1.17 bits per heavy atom. The number of hydrogen-bond donors (Lipinski definition) is 0. The van der Waals surface area contributed by atoms with Crippen molar-refractivity contribution in [3.8, 4) is 11.1 Å². The summed E-state index contributed by atoms with van der Waals surface area (Å²) in [5.41, 5.74) is 1.50. The lowest BCUT2D eigenvalue weighted by atomic mass is 9.88. The maximum atomic E-state index is 13.8. The molecule has 0 amide bonds. The van der Waals surface area contributed by atoms with Crippen LogP contribution < -0.4 is 0 Å². The van der Waals surface area contributed by atoms with Crippen molar-refractivity contribution in [3.05, 3.63) is 53.6 Å². The van der Waals surface area contributed by atoms with Gasteiger partial charge in [-0.1, -0.05) is 6.07 Å². The summed E-state index contributed by atoms with van der Waals surface area (Å²) in [5, 5.41) is 8.50. The molecule has 0 aliphatic carbocycles. The van der Waals surface area contributed by atoms with Crippen LogP contribution in [0.15, 0.2) is 46.6 Å². The van der Waals surface area contributed by atoms with Gasteiger partial charge in [-0.3, -0.25) is 4.79 Å². The van der Waals surface area contributed by atoms with E-state index in [4.69, 9.17) is 4.74 Å². The average molecular weight is 330 g/mol. The number of halogens is 2. The highest BCUT2D eigenvalue weighted by Gasteiger charge is 2.30. The Bertz CT molecular complexity index is 836. The van der Waals surface area contributed by atoms with Crippen molar-refractivity contribution in [2.75, 3.05) is 6.61 Å². The third-order valence-corrected chi connectivity index (χ3v) is 3.88. The monoisotopic (exact) mass is 330 g/mol. The Balaban J connectivity index is 2.15. The van der Waals surface area contributed by atoms with Gasteiger partial charge in [-0.25, -0.2) is 8.78 Å². The molecule has 0 saturated heterocycles. The fraction of sp³-hybridized carbons (Fsp3) is 0.278. The molecule has 0 fully saturated rings. The quantitative estimate of drug-likeness (QED) is 0.756. The van der Waals surface area contributed by atoms with E-state index < -0.39 is 23.1 Å². The first-order chi connectivity index (χ1) is 11.4. The first-order valence-electron chi connectivity index (χ1n) is 7.51. The van der Waals surface area contributed by atoms with E-state index in [1.165, 1.54) is 37.3 Å². The number of esters is 1. The summed E-state index contributed by atoms with van der Waals surface area (Å²) in [5.74, 6) is -1.25. The third-order valence-electron chi connectivity index (χ3n) is 3.88. The molecule has 0 N–H and O–H groups in total. The number of ether oxygens (including phenoxy) is 1. The lowest BCUT2D eigenvalue weighted by Crippen LogP contribution is -2.32. The molecule has 1 atom stereocenters. The molecule has 0 spiro atoms. The Hall–Kier alpha value is -2.63. The zero-order valence-electron chi connectivity index (χ0n) is 13.3.